The topological polar surface area (TPSA) is 52.7 Å². The minimum atomic E-state index is -0.143. The first-order valence-electron chi connectivity index (χ1n) is 12.2. The Morgan fingerprint density at radius 2 is 1.61 bits per heavy atom. The molecule has 0 unspecified atom stereocenters. The van der Waals surface area contributed by atoms with Gasteiger partial charge in [-0.3, -0.25) is 14.5 Å². The first-order valence-corrected chi connectivity index (χ1v) is 12.2. The van der Waals surface area contributed by atoms with E-state index in [9.17, 15) is 9.59 Å². The smallest absolute Gasteiger partial charge is 0.241 e. The van der Waals surface area contributed by atoms with Crippen LogP contribution in [-0.4, -0.2) is 53.8 Å². The molecule has 0 bridgehead atoms. The second kappa shape index (κ2) is 10.6. The molecule has 3 atom stereocenters. The fraction of sp³-hybridized carbons (Fsp3) is 0.692. The molecule has 31 heavy (non-hydrogen) atoms. The molecule has 2 heterocycles. The van der Waals surface area contributed by atoms with Crippen molar-refractivity contribution in [2.24, 2.45) is 17.8 Å². The molecule has 3 rings (SSSR count). The lowest BCUT2D eigenvalue weighted by atomic mass is 9.88. The molecule has 0 aromatic heterocycles. The van der Waals surface area contributed by atoms with Gasteiger partial charge >= 0.3 is 0 Å². The van der Waals surface area contributed by atoms with Gasteiger partial charge in [0.05, 0.1) is 6.04 Å². The van der Waals surface area contributed by atoms with E-state index in [1.54, 1.807) is 0 Å². The third kappa shape index (κ3) is 6.09. The molecular formula is C26H41N3O2. The predicted octanol–water partition coefficient (Wildman–Crippen LogP) is 4.74. The number of hydrogen-bond acceptors (Lipinski definition) is 3. The van der Waals surface area contributed by atoms with Gasteiger partial charge in [-0.15, -0.1) is 0 Å². The van der Waals surface area contributed by atoms with Gasteiger partial charge in [0.2, 0.25) is 11.8 Å². The molecule has 1 aromatic carbocycles. The van der Waals surface area contributed by atoms with Crippen LogP contribution in [0.4, 0.5) is 5.69 Å². The summed E-state index contributed by atoms with van der Waals surface area (Å²) in [6.07, 6.45) is 3.70. The summed E-state index contributed by atoms with van der Waals surface area (Å²) in [5.74, 6) is 2.17. The van der Waals surface area contributed by atoms with Gasteiger partial charge in [0.1, 0.15) is 0 Å². The molecule has 1 N–H and O–H groups in total. The average molecular weight is 428 g/mol. The van der Waals surface area contributed by atoms with Crippen molar-refractivity contribution in [2.45, 2.75) is 72.3 Å². The fourth-order valence-electron chi connectivity index (χ4n) is 5.35. The van der Waals surface area contributed by atoms with Crippen LogP contribution in [-0.2, 0) is 9.59 Å². The van der Waals surface area contributed by atoms with Crippen LogP contribution in [0, 0.1) is 17.8 Å². The van der Waals surface area contributed by atoms with E-state index in [1.807, 2.05) is 12.1 Å². The molecular weight excluding hydrogens is 386 g/mol. The fourth-order valence-corrected chi connectivity index (χ4v) is 5.35. The second-order valence-corrected chi connectivity index (χ2v) is 10.2. The highest BCUT2D eigenvalue weighted by Crippen LogP contribution is 2.27. The summed E-state index contributed by atoms with van der Waals surface area (Å²) in [6, 6.07) is 8.01. The normalized spacial score (nSPS) is 24.3. The number of nitrogens with one attached hydrogen (secondary N) is 1. The summed E-state index contributed by atoms with van der Waals surface area (Å²) >= 11 is 0. The van der Waals surface area contributed by atoms with Crippen molar-refractivity contribution in [3.63, 3.8) is 0 Å². The molecule has 172 valence electrons. The largest absolute Gasteiger partial charge is 0.342 e. The van der Waals surface area contributed by atoms with E-state index in [0.29, 0.717) is 23.7 Å². The van der Waals surface area contributed by atoms with Crippen LogP contribution in [0.25, 0.3) is 0 Å². The molecule has 2 fully saturated rings. The van der Waals surface area contributed by atoms with Gasteiger partial charge in [-0.25, -0.2) is 0 Å². The van der Waals surface area contributed by atoms with Gasteiger partial charge in [0.15, 0.2) is 0 Å². The highest BCUT2D eigenvalue weighted by molar-refractivity contribution is 5.94. The van der Waals surface area contributed by atoms with E-state index in [2.05, 4.69) is 61.9 Å². The Morgan fingerprint density at radius 3 is 2.13 bits per heavy atom. The Hall–Kier alpha value is -1.88. The minimum Gasteiger partial charge on any atom is -0.342 e. The lowest BCUT2D eigenvalue weighted by Gasteiger charge is -2.40. The Morgan fingerprint density at radius 1 is 1.03 bits per heavy atom. The lowest BCUT2D eigenvalue weighted by Crippen LogP contribution is -2.51. The number of piperidine rings is 2. The Labute approximate surface area is 188 Å². The number of anilines is 1. The number of hydrogen-bond donors (Lipinski definition) is 1. The summed E-state index contributed by atoms with van der Waals surface area (Å²) in [7, 11) is 0. The van der Waals surface area contributed by atoms with Gasteiger partial charge < -0.3 is 10.2 Å². The predicted molar refractivity (Wildman–Crippen MR) is 127 cm³/mol. The van der Waals surface area contributed by atoms with Crippen molar-refractivity contribution in [1.82, 2.24) is 9.80 Å². The summed E-state index contributed by atoms with van der Waals surface area (Å²) in [4.78, 5) is 30.4. The molecule has 1 aromatic rings. The quantitative estimate of drug-likeness (QED) is 0.713. The zero-order valence-corrected chi connectivity index (χ0v) is 20.1. The number of carbonyl (C=O) groups excluding carboxylic acids is 2. The van der Waals surface area contributed by atoms with Crippen molar-refractivity contribution in [3.05, 3.63) is 29.8 Å². The van der Waals surface area contributed by atoms with Gasteiger partial charge in [0.25, 0.3) is 0 Å². The van der Waals surface area contributed by atoms with Crippen LogP contribution in [0.1, 0.15) is 71.8 Å². The van der Waals surface area contributed by atoms with Crippen molar-refractivity contribution < 1.29 is 9.59 Å². The summed E-state index contributed by atoms with van der Waals surface area (Å²) in [6.45, 7) is 14.3. The van der Waals surface area contributed by atoms with E-state index in [4.69, 9.17) is 0 Å². The lowest BCUT2D eigenvalue weighted by molar-refractivity contribution is -0.140. The highest BCUT2D eigenvalue weighted by atomic mass is 16.2. The second-order valence-electron chi connectivity index (χ2n) is 10.2. The Bertz CT molecular complexity index is 728. The number of nitrogens with zero attached hydrogens (tertiary/aromatic N) is 2. The van der Waals surface area contributed by atoms with Crippen molar-refractivity contribution >= 4 is 17.5 Å². The molecule has 0 aliphatic carbocycles. The molecule has 2 aliphatic rings. The first kappa shape index (κ1) is 23.8. The SMILES string of the molecule is CC[C@H](C(=O)Nc1ccc(C(C)C)cc1)N1CCC(C(=O)N2C[C@H](C)C[C@@H](C)C2)CC1. The van der Waals surface area contributed by atoms with Crippen LogP contribution in [0.3, 0.4) is 0 Å². The third-order valence-electron chi connectivity index (χ3n) is 7.03. The van der Waals surface area contributed by atoms with Crippen LogP contribution >= 0.6 is 0 Å². The van der Waals surface area contributed by atoms with Crippen molar-refractivity contribution in [3.8, 4) is 0 Å². The molecule has 0 radical (unpaired) electrons. The van der Waals surface area contributed by atoms with Crippen molar-refractivity contribution in [2.75, 3.05) is 31.5 Å². The minimum absolute atomic E-state index is 0.0586. The van der Waals surface area contributed by atoms with Gasteiger partial charge in [-0.2, -0.15) is 0 Å². The monoisotopic (exact) mass is 427 g/mol. The Kier molecular flexibility index (Phi) is 8.15. The van der Waals surface area contributed by atoms with Crippen LogP contribution in [0.2, 0.25) is 0 Å². The maximum absolute atomic E-state index is 13.1. The van der Waals surface area contributed by atoms with E-state index < -0.39 is 0 Å². The molecule has 2 amide bonds. The molecule has 0 spiro atoms. The first-order chi connectivity index (χ1) is 14.8. The number of carbonyl (C=O) groups is 2. The van der Waals surface area contributed by atoms with E-state index in [0.717, 1.165) is 51.1 Å². The maximum Gasteiger partial charge on any atom is 0.241 e. The van der Waals surface area contributed by atoms with Crippen LogP contribution < -0.4 is 5.32 Å². The third-order valence-corrected chi connectivity index (χ3v) is 7.03. The number of amides is 2. The van der Waals surface area contributed by atoms with Crippen LogP contribution in [0.5, 0.6) is 0 Å². The molecule has 2 saturated heterocycles. The molecule has 5 heteroatoms. The molecule has 2 aliphatic heterocycles. The summed E-state index contributed by atoms with van der Waals surface area (Å²) in [5.41, 5.74) is 2.13. The van der Waals surface area contributed by atoms with Gasteiger partial charge in [0, 0.05) is 24.7 Å². The van der Waals surface area contributed by atoms with Gasteiger partial charge in [-0.05, 0) is 74.2 Å². The van der Waals surface area contributed by atoms with E-state index in [1.165, 1.54) is 12.0 Å². The zero-order valence-electron chi connectivity index (χ0n) is 20.1. The molecule has 0 saturated carbocycles. The summed E-state index contributed by atoms with van der Waals surface area (Å²) < 4.78 is 0. The number of benzene rings is 1. The average Bonchev–Trinajstić information content (AvgIpc) is 2.74. The van der Waals surface area contributed by atoms with Crippen LogP contribution in [0.15, 0.2) is 24.3 Å². The Balaban J connectivity index is 1.53. The van der Waals surface area contributed by atoms with Gasteiger partial charge in [-0.1, -0.05) is 46.8 Å². The van der Waals surface area contributed by atoms with Crippen molar-refractivity contribution in [1.29, 1.82) is 0 Å². The highest BCUT2D eigenvalue weighted by Gasteiger charge is 2.35. The zero-order chi connectivity index (χ0) is 22.5. The summed E-state index contributed by atoms with van der Waals surface area (Å²) in [5, 5.41) is 3.10. The standard InChI is InChI=1S/C26H41N3O2/c1-6-24(25(30)27-23-9-7-21(8-10-23)18(2)3)28-13-11-22(12-14-28)26(31)29-16-19(4)15-20(5)17-29/h7-10,18-20,22,24H,6,11-17H2,1-5H3,(H,27,30)/t19-,20-,24-/m1/s1. The number of rotatable bonds is 6. The van der Waals surface area contributed by atoms with E-state index >= 15 is 0 Å². The maximum atomic E-state index is 13.1. The number of likely N-dealkylation sites (tertiary alicyclic amines) is 2. The van der Waals surface area contributed by atoms with E-state index in [-0.39, 0.29) is 17.9 Å². The molecule has 5 nitrogen and oxygen atoms in total.